The van der Waals surface area contributed by atoms with Crippen molar-refractivity contribution in [3.63, 3.8) is 0 Å². The molecule has 6 heteroatoms. The third kappa shape index (κ3) is 4.67. The van der Waals surface area contributed by atoms with E-state index in [1.807, 2.05) is 2.94 Å². The van der Waals surface area contributed by atoms with Crippen LogP contribution in [-0.4, -0.2) is 31.2 Å². The number of hydrogen-bond acceptors (Lipinski definition) is 2. The van der Waals surface area contributed by atoms with Gasteiger partial charge in [0.05, 0.1) is 0 Å². The van der Waals surface area contributed by atoms with E-state index >= 15 is 0 Å². The van der Waals surface area contributed by atoms with Gasteiger partial charge in [0.2, 0.25) is 0 Å². The summed E-state index contributed by atoms with van der Waals surface area (Å²) < 4.78 is 21.4. The van der Waals surface area contributed by atoms with Crippen LogP contribution < -0.4 is 8.08 Å². The van der Waals surface area contributed by atoms with Gasteiger partial charge < -0.3 is 0 Å². The third-order valence-electron chi connectivity index (χ3n) is 0.164. The molecule has 0 amide bonds. The van der Waals surface area contributed by atoms with E-state index in [1.165, 1.54) is 0 Å². The Balaban J connectivity index is 3.85. The van der Waals surface area contributed by atoms with Gasteiger partial charge in [-0.2, -0.15) is 0 Å². The van der Waals surface area contributed by atoms with E-state index in [4.69, 9.17) is 0 Å². The van der Waals surface area contributed by atoms with Crippen LogP contribution in [0.3, 0.4) is 0 Å². The summed E-state index contributed by atoms with van der Waals surface area (Å²) in [5.74, 6) is 0. The van der Waals surface area contributed by atoms with Crippen molar-refractivity contribution >= 4 is 33.0 Å². The second-order valence-corrected chi connectivity index (χ2v) is 4.01. The summed E-state index contributed by atoms with van der Waals surface area (Å²) in [6, 6.07) is 0. The minimum absolute atomic E-state index is 0.440. The van der Waals surface area contributed by atoms with Crippen LogP contribution >= 0.6 is 0 Å². The summed E-state index contributed by atoms with van der Waals surface area (Å²) in [4.78, 5) is 0. The van der Waals surface area contributed by atoms with Crippen molar-refractivity contribution in [2.75, 3.05) is 0 Å². The molecule has 0 rings (SSSR count). The van der Waals surface area contributed by atoms with Crippen LogP contribution in [0.2, 0.25) is 0 Å². The van der Waals surface area contributed by atoms with Crippen molar-refractivity contribution in [1.29, 1.82) is 0 Å². The molecule has 0 atom stereocenters. The maximum atomic E-state index is 9.70. The monoisotopic (exact) mass is 216 g/mol. The first-order valence-electron chi connectivity index (χ1n) is 1.06. The summed E-state index contributed by atoms with van der Waals surface area (Å²) in [5, 5.41) is 4.43. The zero-order valence-electron chi connectivity index (χ0n) is 2.88. The first kappa shape index (κ1) is 6.67. The van der Waals surface area contributed by atoms with Gasteiger partial charge in [0.15, 0.2) is 0 Å². The van der Waals surface area contributed by atoms with Crippen LogP contribution in [0, 0.1) is 0 Å². The fourth-order valence-corrected chi connectivity index (χ4v) is 0. The number of hydrogen-bond donors (Lipinski definition) is 2. The zero-order valence-corrected chi connectivity index (χ0v) is 6.99. The molecular weight excluding hydrogens is 211 g/mol. The molecule has 3 N–H and O–H groups in total. The summed E-state index contributed by atoms with van der Waals surface area (Å²) in [5.41, 5.74) is 0. The van der Waals surface area contributed by atoms with E-state index in [-0.39, 0.29) is 0 Å². The van der Waals surface area contributed by atoms with Crippen molar-refractivity contribution < 1.29 is 8.42 Å². The van der Waals surface area contributed by atoms with Gasteiger partial charge in [-0.1, -0.05) is 0 Å². The Labute approximate surface area is 49.7 Å². The molecule has 0 aromatic heterocycles. The summed E-state index contributed by atoms with van der Waals surface area (Å²) in [7, 11) is -3.35. The Kier molecular flexibility index (Phi) is 2.34. The second-order valence-electron chi connectivity index (χ2n) is 0.663. The summed E-state index contributed by atoms with van der Waals surface area (Å²) in [6.45, 7) is 0. The minimum atomic E-state index is -3.35. The van der Waals surface area contributed by atoms with E-state index in [0.29, 0.717) is 22.8 Å². The summed E-state index contributed by atoms with van der Waals surface area (Å²) >= 11 is 0.440. The fourth-order valence-electron chi connectivity index (χ4n) is 0. The predicted molar refractivity (Wildman–Crippen MR) is 23.4 cm³/mol. The zero-order chi connectivity index (χ0) is 5.21. The molecule has 0 aliphatic heterocycles. The standard InChI is InChI=1S/H3N2O2S.Sn.H/c1-5(2,3)4;;/h(H3-,1,2,3,4);;/q-1;+1;. The van der Waals surface area contributed by atoms with Crippen LogP contribution in [0.15, 0.2) is 0 Å². The van der Waals surface area contributed by atoms with Crippen LogP contribution in [-0.2, 0) is 10.2 Å². The van der Waals surface area contributed by atoms with Crippen molar-refractivity contribution in [3.8, 4) is 0 Å². The first-order chi connectivity index (χ1) is 2.56. The third-order valence-corrected chi connectivity index (χ3v) is 3.31. The molecular formula is H4N2O2SSn. The Morgan fingerprint density at radius 2 is 1.83 bits per heavy atom. The Hall–Kier alpha value is 0.669. The molecule has 0 aliphatic rings. The van der Waals surface area contributed by atoms with Gasteiger partial charge in [0.25, 0.3) is 0 Å². The molecule has 0 saturated carbocycles. The topological polar surface area (TPSA) is 72.2 Å². The molecule has 6 heavy (non-hydrogen) atoms. The number of nitrogens with one attached hydrogen (secondary N) is 1. The van der Waals surface area contributed by atoms with E-state index < -0.39 is 10.2 Å². The van der Waals surface area contributed by atoms with Crippen molar-refractivity contribution in [3.05, 3.63) is 0 Å². The van der Waals surface area contributed by atoms with E-state index in [9.17, 15) is 8.42 Å². The normalized spacial score (nSPS) is 11.7. The molecule has 0 saturated heterocycles. The first-order valence-corrected chi connectivity index (χ1v) is 4.26. The molecule has 0 aliphatic carbocycles. The maximum absolute atomic E-state index is 9.70. The molecule has 0 unspecified atom stereocenters. The molecule has 36 valence electrons. The molecule has 0 spiro atoms. The van der Waals surface area contributed by atoms with Crippen LogP contribution in [0.25, 0.3) is 0 Å². The van der Waals surface area contributed by atoms with Gasteiger partial charge in [-0.15, -0.1) is 0 Å². The van der Waals surface area contributed by atoms with Gasteiger partial charge in [0.1, 0.15) is 0 Å². The molecule has 0 aromatic carbocycles. The number of rotatable bonds is 1. The van der Waals surface area contributed by atoms with Crippen LogP contribution in [0.1, 0.15) is 0 Å². The Morgan fingerprint density at radius 3 is 1.83 bits per heavy atom. The quantitative estimate of drug-likeness (QED) is 0.478. The van der Waals surface area contributed by atoms with Crippen molar-refractivity contribution in [2.24, 2.45) is 5.14 Å². The number of nitrogens with two attached hydrogens (primary N) is 1. The van der Waals surface area contributed by atoms with Gasteiger partial charge >= 0.3 is 49.5 Å². The molecule has 0 aromatic rings. The molecule has 4 nitrogen and oxygen atoms in total. The van der Waals surface area contributed by atoms with Gasteiger partial charge in [0, 0.05) is 0 Å². The van der Waals surface area contributed by atoms with Gasteiger partial charge in [-0.25, -0.2) is 0 Å². The SMILES string of the molecule is NS(=O)(=O)[NH][SnH]. The van der Waals surface area contributed by atoms with Crippen LogP contribution in [0.5, 0.6) is 0 Å². The average Bonchev–Trinajstić information content (AvgIpc) is 1.35. The average molecular weight is 215 g/mol. The Bertz CT molecular complexity index is 114. The van der Waals surface area contributed by atoms with Gasteiger partial charge in [-0.3, -0.25) is 0 Å². The molecule has 0 bridgehead atoms. The van der Waals surface area contributed by atoms with Crippen LogP contribution in [0.4, 0.5) is 0 Å². The van der Waals surface area contributed by atoms with E-state index in [0.717, 1.165) is 0 Å². The van der Waals surface area contributed by atoms with Crippen molar-refractivity contribution in [2.45, 2.75) is 0 Å². The molecule has 0 fully saturated rings. The van der Waals surface area contributed by atoms with E-state index in [2.05, 4.69) is 5.14 Å². The summed E-state index contributed by atoms with van der Waals surface area (Å²) in [6.07, 6.45) is 0. The molecule has 0 heterocycles. The Morgan fingerprint density at radius 1 is 1.67 bits per heavy atom. The van der Waals surface area contributed by atoms with Gasteiger partial charge in [-0.05, 0) is 0 Å². The molecule has 2 radical (unpaired) electrons. The van der Waals surface area contributed by atoms with Crippen molar-refractivity contribution in [1.82, 2.24) is 2.94 Å². The second kappa shape index (κ2) is 2.10. The predicted octanol–water partition coefficient (Wildman–Crippen LogP) is -2.40. The van der Waals surface area contributed by atoms with E-state index in [1.54, 1.807) is 0 Å². The fraction of sp³-hybridized carbons (Fsp3) is 0.